The highest BCUT2D eigenvalue weighted by atomic mass is 32.1. The first-order chi connectivity index (χ1) is 15.8. The van der Waals surface area contributed by atoms with E-state index in [1.54, 1.807) is 17.0 Å². The van der Waals surface area contributed by atoms with E-state index in [0.717, 1.165) is 37.5 Å². The van der Waals surface area contributed by atoms with Crippen LogP contribution in [0.2, 0.25) is 0 Å². The van der Waals surface area contributed by atoms with Crippen molar-refractivity contribution in [3.05, 3.63) is 35.9 Å². The Balaban J connectivity index is 1.26. The molecule has 0 radical (unpaired) electrons. The predicted molar refractivity (Wildman–Crippen MR) is 125 cm³/mol. The number of thiocarbonyl (C=S) groups is 1. The molecule has 11 heteroatoms. The molecule has 2 aromatic heterocycles. The van der Waals surface area contributed by atoms with E-state index in [-0.39, 0.29) is 17.9 Å². The second kappa shape index (κ2) is 9.84. The van der Waals surface area contributed by atoms with Crippen LogP contribution in [0.3, 0.4) is 0 Å². The quantitative estimate of drug-likeness (QED) is 0.632. The maximum atomic E-state index is 12.6. The Labute approximate surface area is 197 Å². The molecule has 4 heterocycles. The summed E-state index contributed by atoms with van der Waals surface area (Å²) in [4.78, 5) is 34.8. The summed E-state index contributed by atoms with van der Waals surface area (Å²) in [6, 6.07) is 4.82. The van der Waals surface area contributed by atoms with Gasteiger partial charge in [0.05, 0.1) is 11.9 Å². The molecule has 0 spiro atoms. The Bertz CT molecular complexity index is 1020. The van der Waals surface area contributed by atoms with Crippen LogP contribution in [0.1, 0.15) is 25.3 Å². The third-order valence-corrected chi connectivity index (χ3v) is 6.07. The average Bonchev–Trinajstić information content (AvgIpc) is 3.35. The van der Waals surface area contributed by atoms with Crippen molar-refractivity contribution in [2.75, 3.05) is 37.6 Å². The van der Waals surface area contributed by atoms with E-state index in [9.17, 15) is 9.59 Å². The van der Waals surface area contributed by atoms with Gasteiger partial charge in [-0.25, -0.2) is 14.7 Å². The third-order valence-electron chi connectivity index (χ3n) is 5.77. The fourth-order valence-corrected chi connectivity index (χ4v) is 4.16. The van der Waals surface area contributed by atoms with Crippen LogP contribution in [0.25, 0.3) is 0 Å². The smallest absolute Gasteiger partial charge is 0.409 e. The monoisotopic (exact) mass is 472 g/mol. The van der Waals surface area contributed by atoms with Crippen molar-refractivity contribution in [3.8, 4) is 5.75 Å². The summed E-state index contributed by atoms with van der Waals surface area (Å²) in [7, 11) is 0. The topological polar surface area (TPSA) is 104 Å². The number of carbonyl (C=O) groups excluding carboxylic acids is 2. The van der Waals surface area contributed by atoms with Gasteiger partial charge in [0.1, 0.15) is 17.6 Å². The Morgan fingerprint density at radius 1 is 1.30 bits per heavy atom. The van der Waals surface area contributed by atoms with Crippen molar-refractivity contribution < 1.29 is 18.8 Å². The van der Waals surface area contributed by atoms with E-state index in [2.05, 4.69) is 20.4 Å². The Hall–Kier alpha value is -3.05. The number of aryl methyl sites for hydroxylation is 1. The molecule has 10 nitrogen and oxygen atoms in total. The standard InChI is InChI=1S/C22H28N6O4S/c1-14(2)19-20(29)28(21(33)24-19)18-5-4-17(13-23-18)31-22(30)27-10-8-26(9-11-27)7-6-16-12-15(3)25-32-16/h4-5,12-14,19H,6-11H2,1-3H3,(H,24,33). The molecule has 0 bridgehead atoms. The Morgan fingerprint density at radius 2 is 2.06 bits per heavy atom. The first-order valence-corrected chi connectivity index (χ1v) is 11.4. The van der Waals surface area contributed by atoms with E-state index in [4.69, 9.17) is 21.5 Å². The second-order valence-corrected chi connectivity index (χ2v) is 8.96. The lowest BCUT2D eigenvalue weighted by atomic mass is 10.1. The van der Waals surface area contributed by atoms with Gasteiger partial charge in [0, 0.05) is 45.2 Å². The summed E-state index contributed by atoms with van der Waals surface area (Å²) in [5, 5.41) is 7.26. The number of carbonyl (C=O) groups is 2. The van der Waals surface area contributed by atoms with E-state index < -0.39 is 6.09 Å². The zero-order chi connectivity index (χ0) is 23.5. The molecule has 2 fully saturated rings. The molecule has 1 N–H and O–H groups in total. The number of ether oxygens (including phenoxy) is 1. The highest BCUT2D eigenvalue weighted by Crippen LogP contribution is 2.23. The minimum atomic E-state index is -0.413. The summed E-state index contributed by atoms with van der Waals surface area (Å²) >= 11 is 5.29. The molecule has 2 aliphatic rings. The molecule has 0 saturated carbocycles. The lowest BCUT2D eigenvalue weighted by molar-refractivity contribution is -0.119. The minimum Gasteiger partial charge on any atom is -0.409 e. The fourth-order valence-electron chi connectivity index (χ4n) is 3.85. The number of piperazine rings is 1. The van der Waals surface area contributed by atoms with Crippen LogP contribution < -0.4 is 15.0 Å². The Kier molecular flexibility index (Phi) is 6.89. The van der Waals surface area contributed by atoms with Gasteiger partial charge in [-0.1, -0.05) is 19.0 Å². The van der Waals surface area contributed by atoms with Crippen molar-refractivity contribution in [1.29, 1.82) is 0 Å². The number of hydrogen-bond acceptors (Lipinski definition) is 8. The molecule has 2 saturated heterocycles. The molecule has 1 unspecified atom stereocenters. The van der Waals surface area contributed by atoms with Crippen LogP contribution in [-0.2, 0) is 11.2 Å². The number of anilines is 1. The number of nitrogens with zero attached hydrogens (tertiary/aromatic N) is 5. The molecular formula is C22H28N6O4S. The zero-order valence-corrected chi connectivity index (χ0v) is 19.8. The Morgan fingerprint density at radius 3 is 2.64 bits per heavy atom. The van der Waals surface area contributed by atoms with Crippen molar-refractivity contribution in [1.82, 2.24) is 25.3 Å². The maximum absolute atomic E-state index is 12.6. The van der Waals surface area contributed by atoms with Gasteiger partial charge in [-0.2, -0.15) is 0 Å². The predicted octanol–water partition coefficient (Wildman–Crippen LogP) is 1.98. The normalized spacial score (nSPS) is 19.3. The van der Waals surface area contributed by atoms with Crippen LogP contribution >= 0.6 is 12.2 Å². The molecule has 4 rings (SSSR count). The molecule has 2 aromatic rings. The van der Waals surface area contributed by atoms with Gasteiger partial charge in [0.25, 0.3) is 5.91 Å². The summed E-state index contributed by atoms with van der Waals surface area (Å²) in [6.07, 6.45) is 1.81. The third kappa shape index (κ3) is 5.31. The van der Waals surface area contributed by atoms with E-state index in [1.165, 1.54) is 11.1 Å². The van der Waals surface area contributed by atoms with Crippen molar-refractivity contribution >= 4 is 35.1 Å². The van der Waals surface area contributed by atoms with E-state index >= 15 is 0 Å². The van der Waals surface area contributed by atoms with E-state index in [0.29, 0.717) is 29.8 Å². The van der Waals surface area contributed by atoms with Crippen LogP contribution in [0.5, 0.6) is 5.75 Å². The molecule has 176 valence electrons. The maximum Gasteiger partial charge on any atom is 0.415 e. The van der Waals surface area contributed by atoms with Gasteiger partial charge in [-0.05, 0) is 37.2 Å². The molecule has 0 aromatic carbocycles. The highest BCUT2D eigenvalue weighted by Gasteiger charge is 2.38. The molecule has 33 heavy (non-hydrogen) atoms. The second-order valence-electron chi connectivity index (χ2n) is 8.58. The lowest BCUT2D eigenvalue weighted by Gasteiger charge is -2.33. The summed E-state index contributed by atoms with van der Waals surface area (Å²) in [5.41, 5.74) is 0.881. The number of aromatic nitrogens is 2. The first-order valence-electron chi connectivity index (χ1n) is 11.0. The summed E-state index contributed by atoms with van der Waals surface area (Å²) < 4.78 is 10.7. The molecule has 1 atom stereocenters. The summed E-state index contributed by atoms with van der Waals surface area (Å²) in [5.74, 6) is 1.56. The number of rotatable bonds is 6. The molecule has 2 aliphatic heterocycles. The van der Waals surface area contributed by atoms with Gasteiger partial charge >= 0.3 is 6.09 Å². The first kappa shape index (κ1) is 23.1. The number of hydrogen-bond donors (Lipinski definition) is 1. The number of amides is 2. The van der Waals surface area contributed by atoms with Crippen LogP contribution in [0, 0.1) is 12.8 Å². The minimum absolute atomic E-state index is 0.104. The SMILES string of the molecule is Cc1cc(CCN2CCN(C(=O)Oc3ccc(N4C(=O)C(C(C)C)NC4=S)nc3)CC2)on1. The van der Waals surface area contributed by atoms with Gasteiger partial charge in [-0.15, -0.1) is 0 Å². The zero-order valence-electron chi connectivity index (χ0n) is 19.0. The van der Waals surface area contributed by atoms with Crippen LogP contribution in [0.15, 0.2) is 28.9 Å². The van der Waals surface area contributed by atoms with Gasteiger partial charge in [0.2, 0.25) is 0 Å². The summed E-state index contributed by atoms with van der Waals surface area (Å²) in [6.45, 7) is 9.35. The number of pyridine rings is 1. The van der Waals surface area contributed by atoms with Crippen molar-refractivity contribution in [2.24, 2.45) is 5.92 Å². The van der Waals surface area contributed by atoms with E-state index in [1.807, 2.05) is 26.8 Å². The van der Waals surface area contributed by atoms with Gasteiger partial charge in [0.15, 0.2) is 10.9 Å². The molecular weight excluding hydrogens is 444 g/mol. The lowest BCUT2D eigenvalue weighted by Crippen LogP contribution is -2.49. The molecule has 0 aliphatic carbocycles. The van der Waals surface area contributed by atoms with Crippen LogP contribution in [0.4, 0.5) is 10.6 Å². The largest absolute Gasteiger partial charge is 0.415 e. The number of nitrogens with one attached hydrogen (secondary N) is 1. The van der Waals surface area contributed by atoms with Crippen molar-refractivity contribution in [3.63, 3.8) is 0 Å². The average molecular weight is 473 g/mol. The highest BCUT2D eigenvalue weighted by molar-refractivity contribution is 7.80. The van der Waals surface area contributed by atoms with Crippen molar-refractivity contribution in [2.45, 2.75) is 33.2 Å². The van der Waals surface area contributed by atoms with Gasteiger partial charge < -0.3 is 19.5 Å². The fraction of sp³-hybridized carbons (Fsp3) is 0.500. The molecule has 2 amide bonds. The van der Waals surface area contributed by atoms with Crippen LogP contribution in [-0.4, -0.2) is 75.8 Å². The van der Waals surface area contributed by atoms with Gasteiger partial charge in [-0.3, -0.25) is 9.69 Å².